The van der Waals surface area contributed by atoms with Gasteiger partial charge in [0, 0.05) is 22.2 Å². The number of carbonyl (C=O) groups excluding carboxylic acids is 1. The lowest BCUT2D eigenvalue weighted by molar-refractivity contribution is 0.0697. The van der Waals surface area contributed by atoms with E-state index in [0.29, 0.717) is 33.2 Å². The Labute approximate surface area is 183 Å². The number of aromatic carboxylic acids is 1. The van der Waals surface area contributed by atoms with Gasteiger partial charge in [0.2, 0.25) is 0 Å². The molecule has 0 saturated carbocycles. The van der Waals surface area contributed by atoms with Crippen LogP contribution in [0.5, 0.6) is 5.75 Å². The van der Waals surface area contributed by atoms with Crippen LogP contribution < -0.4 is 11.1 Å². The zero-order valence-electron chi connectivity index (χ0n) is 16.8. The number of carboxylic acid groups (broad SMARTS) is 1. The van der Waals surface area contributed by atoms with Gasteiger partial charge in [-0.3, -0.25) is 10.2 Å². The molecule has 0 radical (unpaired) electrons. The summed E-state index contributed by atoms with van der Waals surface area (Å²) < 4.78 is 0. The van der Waals surface area contributed by atoms with Crippen LogP contribution in [0.4, 0.5) is 5.69 Å². The summed E-state index contributed by atoms with van der Waals surface area (Å²) in [5.74, 6) is -1.65. The summed E-state index contributed by atoms with van der Waals surface area (Å²) in [5, 5.41) is 31.4. The number of nitrogens with two attached hydrogens (primary N) is 1. The van der Waals surface area contributed by atoms with E-state index >= 15 is 0 Å². The Morgan fingerprint density at radius 2 is 1.56 bits per heavy atom. The van der Waals surface area contributed by atoms with Crippen molar-refractivity contribution in [2.24, 2.45) is 5.73 Å². The van der Waals surface area contributed by atoms with Crippen molar-refractivity contribution in [3.8, 4) is 16.9 Å². The minimum absolute atomic E-state index is 0.0143. The molecular weight excluding hydrogens is 406 g/mol. The SMILES string of the molecule is N=C(N)c1ccc(NC(=O)c2cc3c(O)cccc3cc2-c2ccccc2C(=O)O)cc1. The standard InChI is InChI=1S/C25H19N3O4/c26-23(27)14-8-10-16(11-9-14)28-24(30)21-13-19-15(4-3-7-22(19)29)12-20(21)17-5-1-2-6-18(17)25(31)32/h1-13,29H,(H3,26,27)(H,28,30)(H,31,32). The second-order valence-corrected chi connectivity index (χ2v) is 7.19. The van der Waals surface area contributed by atoms with Crippen LogP contribution in [0.1, 0.15) is 26.3 Å². The monoisotopic (exact) mass is 425 g/mol. The average Bonchev–Trinajstić information content (AvgIpc) is 2.79. The highest BCUT2D eigenvalue weighted by Crippen LogP contribution is 2.34. The Morgan fingerprint density at radius 3 is 2.25 bits per heavy atom. The molecule has 6 N–H and O–H groups in total. The number of nitrogens with one attached hydrogen (secondary N) is 2. The van der Waals surface area contributed by atoms with E-state index in [1.54, 1.807) is 66.7 Å². The van der Waals surface area contributed by atoms with Gasteiger partial charge < -0.3 is 21.3 Å². The molecule has 158 valence electrons. The predicted octanol–water partition coefficient (Wildman–Crippen LogP) is 4.45. The summed E-state index contributed by atoms with van der Waals surface area (Å²) >= 11 is 0. The number of amides is 1. The molecule has 0 bridgehead atoms. The molecule has 0 atom stereocenters. The van der Waals surface area contributed by atoms with E-state index < -0.39 is 11.9 Å². The molecular formula is C25H19N3O4. The van der Waals surface area contributed by atoms with Gasteiger partial charge in [-0.15, -0.1) is 0 Å². The van der Waals surface area contributed by atoms with Gasteiger partial charge in [-0.05, 0) is 65.0 Å². The zero-order valence-corrected chi connectivity index (χ0v) is 16.8. The van der Waals surface area contributed by atoms with Crippen molar-refractivity contribution in [3.63, 3.8) is 0 Å². The number of anilines is 1. The number of aromatic hydroxyl groups is 1. The number of benzene rings is 4. The van der Waals surface area contributed by atoms with Crippen molar-refractivity contribution < 1.29 is 19.8 Å². The van der Waals surface area contributed by atoms with Gasteiger partial charge in [-0.1, -0.05) is 30.3 Å². The highest BCUT2D eigenvalue weighted by molar-refractivity contribution is 6.13. The number of fused-ring (bicyclic) bond motifs is 1. The first kappa shape index (κ1) is 20.6. The minimum atomic E-state index is -1.11. The third-order valence-corrected chi connectivity index (χ3v) is 5.14. The minimum Gasteiger partial charge on any atom is -0.507 e. The second-order valence-electron chi connectivity index (χ2n) is 7.19. The molecule has 0 fully saturated rings. The molecule has 1 amide bonds. The van der Waals surface area contributed by atoms with E-state index in [-0.39, 0.29) is 22.7 Å². The first-order valence-electron chi connectivity index (χ1n) is 9.69. The lowest BCUT2D eigenvalue weighted by Crippen LogP contribution is -2.15. The van der Waals surface area contributed by atoms with Gasteiger partial charge in [0.15, 0.2) is 0 Å². The highest BCUT2D eigenvalue weighted by Gasteiger charge is 2.20. The van der Waals surface area contributed by atoms with Gasteiger partial charge in [-0.25, -0.2) is 4.79 Å². The topological polar surface area (TPSA) is 136 Å². The van der Waals surface area contributed by atoms with Crippen LogP contribution >= 0.6 is 0 Å². The Bertz CT molecular complexity index is 1380. The first-order chi connectivity index (χ1) is 15.3. The fourth-order valence-corrected chi connectivity index (χ4v) is 3.56. The molecule has 0 aliphatic rings. The molecule has 0 aromatic heterocycles. The second kappa shape index (κ2) is 8.23. The normalized spacial score (nSPS) is 10.6. The molecule has 4 aromatic carbocycles. The first-order valence-corrected chi connectivity index (χ1v) is 9.69. The molecule has 0 spiro atoms. The van der Waals surface area contributed by atoms with Gasteiger partial charge in [0.25, 0.3) is 5.91 Å². The Balaban J connectivity index is 1.86. The Hall–Kier alpha value is -4.65. The molecule has 7 heteroatoms. The summed E-state index contributed by atoms with van der Waals surface area (Å²) in [6.07, 6.45) is 0. The van der Waals surface area contributed by atoms with Crippen LogP contribution in [0, 0.1) is 5.41 Å². The van der Waals surface area contributed by atoms with Crippen LogP contribution in [0.15, 0.2) is 78.9 Å². The number of phenols is 1. The van der Waals surface area contributed by atoms with Crippen molar-refractivity contribution in [1.82, 2.24) is 0 Å². The van der Waals surface area contributed by atoms with E-state index in [1.807, 2.05) is 0 Å². The molecule has 0 aliphatic heterocycles. The summed E-state index contributed by atoms with van der Waals surface area (Å²) in [6.45, 7) is 0. The number of carboxylic acids is 1. The fraction of sp³-hybridized carbons (Fsp3) is 0. The van der Waals surface area contributed by atoms with Crippen molar-refractivity contribution in [1.29, 1.82) is 5.41 Å². The lowest BCUT2D eigenvalue weighted by atomic mass is 9.92. The molecule has 4 rings (SSSR count). The molecule has 4 aromatic rings. The fourth-order valence-electron chi connectivity index (χ4n) is 3.56. The smallest absolute Gasteiger partial charge is 0.336 e. The number of amidine groups is 1. The van der Waals surface area contributed by atoms with Crippen LogP contribution in [0.2, 0.25) is 0 Å². The Morgan fingerprint density at radius 1 is 0.844 bits per heavy atom. The van der Waals surface area contributed by atoms with Gasteiger partial charge in [0.05, 0.1) is 5.56 Å². The summed E-state index contributed by atoms with van der Waals surface area (Å²) in [5.41, 5.74) is 7.57. The highest BCUT2D eigenvalue weighted by atomic mass is 16.4. The van der Waals surface area contributed by atoms with Crippen molar-refractivity contribution in [2.45, 2.75) is 0 Å². The largest absolute Gasteiger partial charge is 0.507 e. The number of hydrogen-bond donors (Lipinski definition) is 5. The lowest BCUT2D eigenvalue weighted by Gasteiger charge is -2.15. The maximum Gasteiger partial charge on any atom is 0.336 e. The van der Waals surface area contributed by atoms with Crippen LogP contribution in [0.25, 0.3) is 21.9 Å². The predicted molar refractivity (Wildman–Crippen MR) is 123 cm³/mol. The van der Waals surface area contributed by atoms with Crippen molar-refractivity contribution in [2.75, 3.05) is 5.32 Å². The van der Waals surface area contributed by atoms with Crippen LogP contribution in [-0.4, -0.2) is 27.9 Å². The van der Waals surface area contributed by atoms with E-state index in [1.165, 1.54) is 12.1 Å². The molecule has 0 heterocycles. The maximum absolute atomic E-state index is 13.3. The van der Waals surface area contributed by atoms with Crippen LogP contribution in [0.3, 0.4) is 0 Å². The van der Waals surface area contributed by atoms with Crippen molar-refractivity contribution in [3.05, 3.63) is 95.6 Å². The summed E-state index contributed by atoms with van der Waals surface area (Å²) in [6, 6.07) is 21.2. The number of rotatable bonds is 5. The van der Waals surface area contributed by atoms with Gasteiger partial charge in [-0.2, -0.15) is 0 Å². The Kier molecular flexibility index (Phi) is 5.30. The van der Waals surface area contributed by atoms with Crippen LogP contribution in [-0.2, 0) is 0 Å². The van der Waals surface area contributed by atoms with Crippen molar-refractivity contribution >= 4 is 34.2 Å². The average molecular weight is 425 g/mol. The molecule has 0 aliphatic carbocycles. The number of hydrogen-bond acceptors (Lipinski definition) is 4. The quantitative estimate of drug-likeness (QED) is 0.238. The van der Waals surface area contributed by atoms with E-state index in [2.05, 4.69) is 5.32 Å². The number of phenolic OH excluding ortho intramolecular Hbond substituents is 1. The van der Waals surface area contributed by atoms with Gasteiger partial charge >= 0.3 is 5.97 Å². The van der Waals surface area contributed by atoms with E-state index in [0.717, 1.165) is 0 Å². The number of carbonyl (C=O) groups is 2. The molecule has 7 nitrogen and oxygen atoms in total. The van der Waals surface area contributed by atoms with E-state index in [9.17, 15) is 19.8 Å². The molecule has 0 saturated heterocycles. The summed E-state index contributed by atoms with van der Waals surface area (Å²) in [4.78, 5) is 25.1. The van der Waals surface area contributed by atoms with E-state index in [4.69, 9.17) is 11.1 Å². The third-order valence-electron chi connectivity index (χ3n) is 5.14. The number of nitrogen functional groups attached to an aromatic ring is 1. The third kappa shape index (κ3) is 3.87. The van der Waals surface area contributed by atoms with Gasteiger partial charge in [0.1, 0.15) is 11.6 Å². The zero-order chi connectivity index (χ0) is 22.8. The molecule has 32 heavy (non-hydrogen) atoms. The maximum atomic E-state index is 13.3. The molecule has 0 unspecified atom stereocenters. The summed E-state index contributed by atoms with van der Waals surface area (Å²) in [7, 11) is 0.